The number of aliphatic carboxylic acids is 1. The van der Waals surface area contributed by atoms with E-state index in [-0.39, 0.29) is 30.6 Å². The molecule has 0 radical (unpaired) electrons. The van der Waals surface area contributed by atoms with Crippen molar-refractivity contribution in [3.63, 3.8) is 0 Å². The molecule has 9 nitrogen and oxygen atoms in total. The third-order valence-corrected chi connectivity index (χ3v) is 4.90. The van der Waals surface area contributed by atoms with Gasteiger partial charge in [-0.1, -0.05) is 6.07 Å². The summed E-state index contributed by atoms with van der Waals surface area (Å²) in [5.74, 6) is -1.03. The lowest BCUT2D eigenvalue weighted by Crippen LogP contribution is -2.45. The van der Waals surface area contributed by atoms with Crippen LogP contribution in [0, 0.1) is 0 Å². The van der Waals surface area contributed by atoms with Crippen LogP contribution in [0.4, 0.5) is 10.5 Å². The number of imidazole rings is 1. The fourth-order valence-electron chi connectivity index (χ4n) is 3.78. The fraction of sp³-hybridized carbons (Fsp3) is 0.429. The van der Waals surface area contributed by atoms with Crippen LogP contribution in [-0.2, 0) is 20.9 Å². The number of hydrogen-bond donors (Lipinski definition) is 2. The lowest BCUT2D eigenvalue weighted by molar-refractivity contribution is -0.137. The van der Waals surface area contributed by atoms with Gasteiger partial charge in [0.1, 0.15) is 6.54 Å². The molecule has 0 unspecified atom stereocenters. The summed E-state index contributed by atoms with van der Waals surface area (Å²) in [6.45, 7) is 6.83. The Morgan fingerprint density at radius 1 is 1.33 bits per heavy atom. The first-order valence-corrected chi connectivity index (χ1v) is 9.80. The second-order valence-corrected chi connectivity index (χ2v) is 7.72. The van der Waals surface area contributed by atoms with Gasteiger partial charge >= 0.3 is 12.1 Å². The number of rotatable bonds is 5. The van der Waals surface area contributed by atoms with E-state index in [0.717, 1.165) is 16.8 Å². The van der Waals surface area contributed by atoms with E-state index in [1.807, 2.05) is 25.1 Å². The third-order valence-electron chi connectivity index (χ3n) is 4.90. The van der Waals surface area contributed by atoms with Crippen LogP contribution in [0.25, 0.3) is 11.3 Å². The van der Waals surface area contributed by atoms with Gasteiger partial charge in [-0.15, -0.1) is 0 Å². The number of fused-ring (bicyclic) bond motifs is 1. The molecule has 0 saturated carbocycles. The first kappa shape index (κ1) is 21.4. The number of anilines is 1. The van der Waals surface area contributed by atoms with Crippen molar-refractivity contribution >= 4 is 23.7 Å². The zero-order valence-corrected chi connectivity index (χ0v) is 17.5. The second kappa shape index (κ2) is 8.56. The molecule has 1 aromatic carbocycles. The molecule has 30 heavy (non-hydrogen) atoms. The highest BCUT2D eigenvalue weighted by molar-refractivity contribution is 5.94. The molecule has 1 aromatic heterocycles. The average molecular weight is 414 g/mol. The number of alkyl carbamates (subject to hydrolysis) is 1. The van der Waals surface area contributed by atoms with Crippen LogP contribution < -0.4 is 10.2 Å². The first-order valence-electron chi connectivity index (χ1n) is 9.80. The Morgan fingerprint density at radius 2 is 2.07 bits per heavy atom. The molecule has 160 valence electrons. The van der Waals surface area contributed by atoms with Gasteiger partial charge in [0.15, 0.2) is 0 Å². The van der Waals surface area contributed by atoms with E-state index in [9.17, 15) is 14.4 Å². The molecule has 1 aliphatic rings. The lowest BCUT2D eigenvalue weighted by Gasteiger charge is -2.39. The zero-order valence-electron chi connectivity index (χ0n) is 17.5. The van der Waals surface area contributed by atoms with Gasteiger partial charge in [0.05, 0.1) is 24.2 Å². The quantitative estimate of drug-likeness (QED) is 0.778. The largest absolute Gasteiger partial charge is 0.480 e. The number of nitrogens with zero attached hydrogens (tertiary/aromatic N) is 3. The number of amides is 2. The van der Waals surface area contributed by atoms with Gasteiger partial charge in [0.25, 0.3) is 0 Å². The molecule has 0 saturated heterocycles. The topological polar surface area (TPSA) is 114 Å². The maximum Gasteiger partial charge on any atom is 0.407 e. The van der Waals surface area contributed by atoms with Gasteiger partial charge in [-0.25, -0.2) is 9.78 Å². The molecule has 3 rings (SSSR count). The molecule has 2 N–H and O–H groups in total. The average Bonchev–Trinajstić information content (AvgIpc) is 3.08. The Balaban J connectivity index is 1.98. The highest BCUT2D eigenvalue weighted by Crippen LogP contribution is 2.39. The number of carboxylic acid groups (broad SMARTS) is 1. The van der Waals surface area contributed by atoms with E-state index in [1.54, 1.807) is 24.9 Å². The van der Waals surface area contributed by atoms with Crippen LogP contribution in [0.5, 0.6) is 0 Å². The van der Waals surface area contributed by atoms with Crippen LogP contribution >= 0.6 is 0 Å². The molecule has 2 atom stereocenters. The Bertz CT molecular complexity index is 968. The molecular formula is C21H26N4O5. The highest BCUT2D eigenvalue weighted by atomic mass is 16.6. The summed E-state index contributed by atoms with van der Waals surface area (Å²) in [4.78, 5) is 41.4. The molecule has 2 heterocycles. The van der Waals surface area contributed by atoms with Crippen LogP contribution in [0.1, 0.15) is 45.7 Å². The summed E-state index contributed by atoms with van der Waals surface area (Å²) in [5, 5.41) is 11.9. The van der Waals surface area contributed by atoms with Crippen LogP contribution in [-0.4, -0.2) is 44.8 Å². The summed E-state index contributed by atoms with van der Waals surface area (Å²) in [6, 6.07) is 5.12. The number of hydrogen-bond acceptors (Lipinski definition) is 5. The van der Waals surface area contributed by atoms with Crippen molar-refractivity contribution < 1.29 is 24.2 Å². The summed E-state index contributed by atoms with van der Waals surface area (Å²) in [6.07, 6.45) is 2.89. The van der Waals surface area contributed by atoms with E-state index in [1.165, 1.54) is 17.8 Å². The lowest BCUT2D eigenvalue weighted by atomic mass is 9.90. The van der Waals surface area contributed by atoms with E-state index in [4.69, 9.17) is 9.84 Å². The van der Waals surface area contributed by atoms with Crippen molar-refractivity contribution in [2.45, 2.75) is 58.8 Å². The Kier molecular flexibility index (Phi) is 6.09. The number of aromatic nitrogens is 2. The predicted molar refractivity (Wildman–Crippen MR) is 110 cm³/mol. The Labute approximate surface area is 174 Å². The van der Waals surface area contributed by atoms with Gasteiger partial charge in [0, 0.05) is 30.4 Å². The minimum Gasteiger partial charge on any atom is -0.480 e. The minimum absolute atomic E-state index is 0.0783. The normalized spacial score (nSPS) is 18.1. The molecule has 0 spiro atoms. The minimum atomic E-state index is -0.955. The molecule has 0 fully saturated rings. The number of carboxylic acids is 1. The summed E-state index contributed by atoms with van der Waals surface area (Å²) in [7, 11) is 0. The van der Waals surface area contributed by atoms with Gasteiger partial charge < -0.3 is 24.6 Å². The SMILES string of the molecule is CC(=O)N1c2ccc(-c3cn(CC(=O)O)cn3)cc2[C@@H](NC(=O)OC(C)C)C[C@H]1C. The number of nitrogens with one attached hydrogen (secondary N) is 1. The highest BCUT2D eigenvalue weighted by Gasteiger charge is 2.34. The van der Waals surface area contributed by atoms with Gasteiger partial charge in [-0.3, -0.25) is 9.59 Å². The van der Waals surface area contributed by atoms with E-state index in [2.05, 4.69) is 10.3 Å². The maximum atomic E-state index is 12.2. The number of carbonyl (C=O) groups excluding carboxylic acids is 2. The fourth-order valence-corrected chi connectivity index (χ4v) is 3.78. The van der Waals surface area contributed by atoms with Crippen LogP contribution in [0.15, 0.2) is 30.7 Å². The monoisotopic (exact) mass is 414 g/mol. The van der Waals surface area contributed by atoms with Crippen molar-refractivity contribution in [1.29, 1.82) is 0 Å². The molecular weight excluding hydrogens is 388 g/mol. The standard InChI is InChI=1S/C21H26N4O5/c1-12(2)30-21(29)23-17-7-13(3)25(14(4)26)19-6-5-15(8-16(17)19)18-9-24(11-22-18)10-20(27)28/h5-6,8-9,11-13,17H,7,10H2,1-4H3,(H,23,29)(H,27,28)/t13-,17+/m1/s1. The number of carbonyl (C=O) groups is 3. The first-order chi connectivity index (χ1) is 14.2. The van der Waals surface area contributed by atoms with Crippen molar-refractivity contribution in [3.8, 4) is 11.3 Å². The van der Waals surface area contributed by atoms with Crippen molar-refractivity contribution in [3.05, 3.63) is 36.3 Å². The van der Waals surface area contributed by atoms with Crippen molar-refractivity contribution in [2.24, 2.45) is 0 Å². The summed E-state index contributed by atoms with van der Waals surface area (Å²) in [5.41, 5.74) is 2.88. The molecule has 0 bridgehead atoms. The van der Waals surface area contributed by atoms with Crippen LogP contribution in [0.3, 0.4) is 0 Å². The summed E-state index contributed by atoms with van der Waals surface area (Å²) < 4.78 is 6.71. The number of ether oxygens (including phenoxy) is 1. The molecule has 1 aliphatic heterocycles. The van der Waals surface area contributed by atoms with Gasteiger partial charge in [0.2, 0.25) is 5.91 Å². The molecule has 0 aliphatic carbocycles. The van der Waals surface area contributed by atoms with Crippen LogP contribution in [0.2, 0.25) is 0 Å². The second-order valence-electron chi connectivity index (χ2n) is 7.72. The van der Waals surface area contributed by atoms with E-state index in [0.29, 0.717) is 12.1 Å². The summed E-state index contributed by atoms with van der Waals surface area (Å²) >= 11 is 0. The van der Waals surface area contributed by atoms with E-state index < -0.39 is 12.1 Å². The molecule has 9 heteroatoms. The molecule has 2 aromatic rings. The maximum absolute atomic E-state index is 12.2. The molecule has 2 amide bonds. The Morgan fingerprint density at radius 3 is 2.70 bits per heavy atom. The zero-order chi connectivity index (χ0) is 22.0. The Hall–Kier alpha value is -3.36. The van der Waals surface area contributed by atoms with Crippen molar-refractivity contribution in [2.75, 3.05) is 4.90 Å². The van der Waals surface area contributed by atoms with Gasteiger partial charge in [-0.05, 0) is 44.9 Å². The third kappa shape index (κ3) is 4.61. The van der Waals surface area contributed by atoms with E-state index >= 15 is 0 Å². The predicted octanol–water partition coefficient (Wildman–Crippen LogP) is 2.96. The smallest absolute Gasteiger partial charge is 0.407 e. The number of benzene rings is 1. The van der Waals surface area contributed by atoms with Gasteiger partial charge in [-0.2, -0.15) is 0 Å². The van der Waals surface area contributed by atoms with Crippen molar-refractivity contribution in [1.82, 2.24) is 14.9 Å².